The van der Waals surface area contributed by atoms with E-state index in [1.165, 1.54) is 4.31 Å². The van der Waals surface area contributed by atoms with Crippen LogP contribution in [0, 0.1) is 17.6 Å². The molecule has 1 saturated heterocycles. The maximum Gasteiger partial charge on any atom is 0.314 e. The van der Waals surface area contributed by atoms with Crippen molar-refractivity contribution in [3.8, 4) is 5.75 Å². The molecular formula is C22H19F2NO4S. The lowest BCUT2D eigenvalue weighted by molar-refractivity contribution is -0.140. The number of hydrogen-bond donors (Lipinski definition) is 0. The van der Waals surface area contributed by atoms with E-state index in [1.54, 1.807) is 12.1 Å². The van der Waals surface area contributed by atoms with Crippen LogP contribution in [0.3, 0.4) is 0 Å². The van der Waals surface area contributed by atoms with E-state index in [0.29, 0.717) is 11.8 Å². The summed E-state index contributed by atoms with van der Waals surface area (Å²) in [5, 5.41) is 1.99. The summed E-state index contributed by atoms with van der Waals surface area (Å²) in [5.74, 6) is -2.73. The highest BCUT2D eigenvalue weighted by atomic mass is 32.2. The molecule has 1 aliphatic rings. The summed E-state index contributed by atoms with van der Waals surface area (Å²) in [6.45, 7) is 0.192. The lowest BCUT2D eigenvalue weighted by atomic mass is 9.98. The largest absolute Gasteiger partial charge is 0.426 e. The zero-order chi connectivity index (χ0) is 21.3. The number of nitrogens with zero attached hydrogens (tertiary/aromatic N) is 1. The van der Waals surface area contributed by atoms with Gasteiger partial charge in [0.2, 0.25) is 10.0 Å². The molecule has 0 radical (unpaired) electrons. The van der Waals surface area contributed by atoms with Crippen molar-refractivity contribution in [3.05, 3.63) is 72.3 Å². The fraction of sp³-hybridized carbons (Fsp3) is 0.227. The van der Waals surface area contributed by atoms with Gasteiger partial charge in [-0.2, -0.15) is 4.31 Å². The summed E-state index contributed by atoms with van der Waals surface area (Å²) < 4.78 is 58.5. The third-order valence-electron chi connectivity index (χ3n) is 5.26. The molecule has 0 bridgehead atoms. The lowest BCUT2D eigenvalue weighted by Gasteiger charge is -2.30. The quantitative estimate of drug-likeness (QED) is 0.460. The number of carbonyl (C=O) groups excluding carboxylic acids is 1. The van der Waals surface area contributed by atoms with Gasteiger partial charge in [-0.1, -0.05) is 30.3 Å². The topological polar surface area (TPSA) is 63.7 Å². The van der Waals surface area contributed by atoms with Gasteiger partial charge in [-0.3, -0.25) is 4.79 Å². The molecule has 30 heavy (non-hydrogen) atoms. The molecule has 0 saturated carbocycles. The summed E-state index contributed by atoms with van der Waals surface area (Å²) in [6, 6.07) is 15.6. The van der Waals surface area contributed by atoms with E-state index in [4.69, 9.17) is 4.74 Å². The number of hydrogen-bond acceptors (Lipinski definition) is 4. The van der Waals surface area contributed by atoms with Gasteiger partial charge in [0.1, 0.15) is 5.75 Å². The van der Waals surface area contributed by atoms with Gasteiger partial charge in [0, 0.05) is 13.1 Å². The van der Waals surface area contributed by atoms with E-state index in [0.717, 1.165) is 22.9 Å². The van der Waals surface area contributed by atoms with Crippen LogP contribution in [0.15, 0.2) is 65.6 Å². The highest BCUT2D eigenvalue weighted by Gasteiger charge is 2.33. The monoisotopic (exact) mass is 431 g/mol. The normalized spacial score (nSPS) is 15.9. The zero-order valence-electron chi connectivity index (χ0n) is 15.9. The van der Waals surface area contributed by atoms with Gasteiger partial charge in [0.05, 0.1) is 10.8 Å². The summed E-state index contributed by atoms with van der Waals surface area (Å²) in [5.41, 5.74) is 0. The first-order chi connectivity index (χ1) is 14.3. The van der Waals surface area contributed by atoms with Gasteiger partial charge in [-0.05, 0) is 53.9 Å². The van der Waals surface area contributed by atoms with Gasteiger partial charge >= 0.3 is 5.97 Å². The molecule has 0 aliphatic carbocycles. The van der Waals surface area contributed by atoms with E-state index in [1.807, 2.05) is 30.3 Å². The molecule has 0 aromatic heterocycles. The van der Waals surface area contributed by atoms with E-state index in [9.17, 15) is 22.0 Å². The lowest BCUT2D eigenvalue weighted by Crippen LogP contribution is -2.41. The van der Waals surface area contributed by atoms with Crippen molar-refractivity contribution in [1.82, 2.24) is 4.31 Å². The number of carbonyl (C=O) groups is 1. The number of piperidine rings is 1. The Morgan fingerprint density at radius 1 is 0.900 bits per heavy atom. The van der Waals surface area contributed by atoms with Crippen molar-refractivity contribution in [2.75, 3.05) is 13.1 Å². The molecule has 4 rings (SSSR count). The molecule has 0 atom stereocenters. The Morgan fingerprint density at radius 3 is 2.30 bits per heavy atom. The predicted octanol–water partition coefficient (Wildman–Crippen LogP) is 4.12. The fourth-order valence-corrected chi connectivity index (χ4v) is 5.03. The standard InChI is InChI=1S/C22H19F2NO4S/c23-20-8-7-19(14-21(20)24)30(27,28)25-11-9-16(10-12-25)22(26)29-18-6-5-15-3-1-2-4-17(15)13-18/h1-8,13-14,16H,9-12H2. The van der Waals surface area contributed by atoms with Crippen LogP contribution in [-0.2, 0) is 14.8 Å². The Hall–Kier alpha value is -2.84. The van der Waals surface area contributed by atoms with Crippen LogP contribution in [0.5, 0.6) is 5.75 Å². The summed E-state index contributed by atoms with van der Waals surface area (Å²) in [4.78, 5) is 12.2. The Kier molecular flexibility index (Phi) is 5.53. The third kappa shape index (κ3) is 4.06. The number of rotatable bonds is 4. The highest BCUT2D eigenvalue weighted by Crippen LogP contribution is 2.27. The van der Waals surface area contributed by atoms with Crippen LogP contribution in [0.4, 0.5) is 8.78 Å². The van der Waals surface area contributed by atoms with Crippen molar-refractivity contribution >= 4 is 26.8 Å². The summed E-state index contributed by atoms with van der Waals surface area (Å²) in [6.07, 6.45) is 0.574. The molecule has 1 fully saturated rings. The van der Waals surface area contributed by atoms with Gasteiger partial charge in [0.25, 0.3) is 0 Å². The Bertz CT molecular complexity index is 1200. The first-order valence-corrected chi connectivity index (χ1v) is 10.9. The number of esters is 1. The Labute approximate surface area is 172 Å². The maximum atomic E-state index is 13.4. The van der Waals surface area contributed by atoms with Crippen LogP contribution in [0.1, 0.15) is 12.8 Å². The van der Waals surface area contributed by atoms with E-state index in [-0.39, 0.29) is 30.8 Å². The molecule has 1 heterocycles. The van der Waals surface area contributed by atoms with Gasteiger partial charge < -0.3 is 4.74 Å². The Morgan fingerprint density at radius 2 is 1.60 bits per heavy atom. The zero-order valence-corrected chi connectivity index (χ0v) is 16.7. The number of benzene rings is 3. The number of ether oxygens (including phenoxy) is 1. The molecule has 1 aliphatic heterocycles. The fourth-order valence-electron chi connectivity index (χ4n) is 3.55. The highest BCUT2D eigenvalue weighted by molar-refractivity contribution is 7.89. The second-order valence-electron chi connectivity index (χ2n) is 7.18. The minimum Gasteiger partial charge on any atom is -0.426 e. The first kappa shape index (κ1) is 20.4. The molecule has 3 aromatic rings. The summed E-state index contributed by atoms with van der Waals surface area (Å²) in [7, 11) is -3.96. The van der Waals surface area contributed by atoms with E-state index >= 15 is 0 Å². The third-order valence-corrected chi connectivity index (χ3v) is 7.15. The summed E-state index contributed by atoms with van der Waals surface area (Å²) >= 11 is 0. The van der Waals surface area contributed by atoms with Gasteiger partial charge in [-0.15, -0.1) is 0 Å². The number of fused-ring (bicyclic) bond motifs is 1. The molecule has 3 aromatic carbocycles. The van der Waals surface area contributed by atoms with Crippen molar-refractivity contribution in [1.29, 1.82) is 0 Å². The van der Waals surface area contributed by atoms with Crippen LogP contribution in [-0.4, -0.2) is 31.8 Å². The second-order valence-corrected chi connectivity index (χ2v) is 9.12. The average Bonchev–Trinajstić information content (AvgIpc) is 2.75. The minimum absolute atomic E-state index is 0.0960. The molecule has 8 heteroatoms. The van der Waals surface area contributed by atoms with Gasteiger partial charge in [-0.25, -0.2) is 17.2 Å². The van der Waals surface area contributed by atoms with Crippen LogP contribution >= 0.6 is 0 Å². The maximum absolute atomic E-state index is 13.4. The molecule has 0 amide bonds. The van der Waals surface area contributed by atoms with Crippen molar-refractivity contribution < 1.29 is 26.7 Å². The molecular weight excluding hydrogens is 412 g/mol. The van der Waals surface area contributed by atoms with E-state index < -0.39 is 33.5 Å². The predicted molar refractivity (Wildman–Crippen MR) is 107 cm³/mol. The first-order valence-electron chi connectivity index (χ1n) is 9.50. The van der Waals surface area contributed by atoms with Crippen molar-refractivity contribution in [2.45, 2.75) is 17.7 Å². The molecule has 156 valence electrons. The number of halogens is 2. The number of sulfonamides is 1. The van der Waals surface area contributed by atoms with Crippen LogP contribution in [0.2, 0.25) is 0 Å². The van der Waals surface area contributed by atoms with Crippen molar-refractivity contribution in [2.24, 2.45) is 5.92 Å². The van der Waals surface area contributed by atoms with Crippen LogP contribution < -0.4 is 4.74 Å². The average molecular weight is 431 g/mol. The minimum atomic E-state index is -3.96. The Balaban J connectivity index is 1.40. The SMILES string of the molecule is O=C(Oc1ccc2ccccc2c1)C1CCN(S(=O)(=O)c2ccc(F)c(F)c2)CC1. The van der Waals surface area contributed by atoms with Crippen LogP contribution in [0.25, 0.3) is 10.8 Å². The smallest absolute Gasteiger partial charge is 0.314 e. The second kappa shape index (κ2) is 8.12. The molecule has 0 N–H and O–H groups in total. The molecule has 0 spiro atoms. The van der Waals surface area contributed by atoms with Gasteiger partial charge in [0.15, 0.2) is 11.6 Å². The van der Waals surface area contributed by atoms with E-state index in [2.05, 4.69) is 0 Å². The molecule has 5 nitrogen and oxygen atoms in total. The van der Waals surface area contributed by atoms with Crippen molar-refractivity contribution in [3.63, 3.8) is 0 Å². The molecule has 0 unspecified atom stereocenters.